The molecule has 0 spiro atoms. The lowest BCUT2D eigenvalue weighted by molar-refractivity contribution is 0.0951. The van der Waals surface area contributed by atoms with Crippen molar-refractivity contribution in [2.24, 2.45) is 11.7 Å². The van der Waals surface area contributed by atoms with E-state index in [0.29, 0.717) is 22.1 Å². The van der Waals surface area contributed by atoms with Gasteiger partial charge in [0.05, 0.1) is 4.99 Å². The Bertz CT molecular complexity index is 433. The maximum absolute atomic E-state index is 11.8. The maximum Gasteiger partial charge on any atom is 0.251 e. The second kappa shape index (κ2) is 6.33. The summed E-state index contributed by atoms with van der Waals surface area (Å²) in [4.78, 5) is 12.2. The highest BCUT2D eigenvalue weighted by molar-refractivity contribution is 9.10. The lowest BCUT2D eigenvalue weighted by Gasteiger charge is -2.11. The molecule has 3 nitrogen and oxygen atoms in total. The number of hydrogen-bond acceptors (Lipinski definition) is 2. The van der Waals surface area contributed by atoms with Crippen LogP contribution in [0.3, 0.4) is 0 Å². The van der Waals surface area contributed by atoms with Gasteiger partial charge in [-0.1, -0.05) is 46.7 Å². The second-order valence-corrected chi connectivity index (χ2v) is 5.50. The number of halogens is 2. The number of carbonyl (C=O) groups excluding carboxylic acids is 1. The van der Waals surface area contributed by atoms with Crippen molar-refractivity contribution in [1.29, 1.82) is 0 Å². The first-order chi connectivity index (χ1) is 7.90. The van der Waals surface area contributed by atoms with Crippen LogP contribution in [0.5, 0.6) is 0 Å². The highest BCUT2D eigenvalue weighted by Crippen LogP contribution is 2.19. The topological polar surface area (TPSA) is 55.1 Å². The Morgan fingerprint density at radius 1 is 1.59 bits per heavy atom. The van der Waals surface area contributed by atoms with Crippen molar-refractivity contribution in [3.63, 3.8) is 0 Å². The fourth-order valence-electron chi connectivity index (χ4n) is 1.13. The monoisotopic (exact) mass is 334 g/mol. The van der Waals surface area contributed by atoms with Gasteiger partial charge in [0.2, 0.25) is 0 Å². The van der Waals surface area contributed by atoms with E-state index >= 15 is 0 Å². The minimum absolute atomic E-state index is 0.0309. The molecule has 0 saturated heterocycles. The van der Waals surface area contributed by atoms with Gasteiger partial charge in [-0.2, -0.15) is 0 Å². The number of nitrogens with one attached hydrogen (secondary N) is 1. The molecule has 0 aliphatic rings. The number of nitrogens with two attached hydrogens (primary N) is 1. The van der Waals surface area contributed by atoms with E-state index in [1.165, 1.54) is 0 Å². The van der Waals surface area contributed by atoms with E-state index in [1.54, 1.807) is 18.2 Å². The quantitative estimate of drug-likeness (QED) is 0.832. The summed E-state index contributed by atoms with van der Waals surface area (Å²) in [6, 6.07) is 5.02. The SMILES string of the molecule is CC(CNC(=O)c1cc(Cl)cc(Br)c1)C(N)=S. The molecule has 1 rings (SSSR count). The number of rotatable bonds is 4. The molecule has 0 aliphatic carbocycles. The molecule has 0 saturated carbocycles. The van der Waals surface area contributed by atoms with Gasteiger partial charge in [0.1, 0.15) is 0 Å². The molecule has 1 amide bonds. The van der Waals surface area contributed by atoms with Gasteiger partial charge in [0.15, 0.2) is 0 Å². The zero-order valence-electron chi connectivity index (χ0n) is 9.17. The standard InChI is InChI=1S/C11H12BrClN2OS/c1-6(10(14)17)5-15-11(16)7-2-8(12)4-9(13)3-7/h2-4,6H,5H2,1H3,(H2,14,17)(H,15,16). The van der Waals surface area contributed by atoms with E-state index < -0.39 is 0 Å². The van der Waals surface area contributed by atoms with Gasteiger partial charge in [-0.25, -0.2) is 0 Å². The maximum atomic E-state index is 11.8. The molecule has 17 heavy (non-hydrogen) atoms. The van der Waals surface area contributed by atoms with Gasteiger partial charge in [-0.3, -0.25) is 4.79 Å². The van der Waals surface area contributed by atoms with Crippen molar-refractivity contribution in [3.8, 4) is 0 Å². The summed E-state index contributed by atoms with van der Waals surface area (Å²) in [7, 11) is 0. The molecule has 0 bridgehead atoms. The highest BCUT2D eigenvalue weighted by Gasteiger charge is 2.10. The van der Waals surface area contributed by atoms with Crippen LogP contribution in [0, 0.1) is 5.92 Å². The fraction of sp³-hybridized carbons (Fsp3) is 0.273. The molecule has 1 aromatic carbocycles. The normalized spacial score (nSPS) is 11.9. The molecular formula is C11H12BrClN2OS. The fourth-order valence-corrected chi connectivity index (χ4v) is 2.08. The largest absolute Gasteiger partial charge is 0.393 e. The lowest BCUT2D eigenvalue weighted by Crippen LogP contribution is -2.33. The predicted molar refractivity (Wildman–Crippen MR) is 77.4 cm³/mol. The van der Waals surface area contributed by atoms with Crippen LogP contribution in [0.15, 0.2) is 22.7 Å². The van der Waals surface area contributed by atoms with Crippen molar-refractivity contribution in [3.05, 3.63) is 33.3 Å². The molecular weight excluding hydrogens is 324 g/mol. The summed E-state index contributed by atoms with van der Waals surface area (Å²) in [5.74, 6) is -0.229. The number of amides is 1. The van der Waals surface area contributed by atoms with Crippen LogP contribution in [0.25, 0.3) is 0 Å². The number of carbonyl (C=O) groups is 1. The second-order valence-electron chi connectivity index (χ2n) is 3.67. The Morgan fingerprint density at radius 2 is 2.24 bits per heavy atom. The lowest BCUT2D eigenvalue weighted by atomic mass is 10.1. The van der Waals surface area contributed by atoms with Crippen molar-refractivity contribution >= 4 is 50.6 Å². The van der Waals surface area contributed by atoms with Crippen LogP contribution in [0.1, 0.15) is 17.3 Å². The molecule has 0 heterocycles. The minimum Gasteiger partial charge on any atom is -0.393 e. The summed E-state index contributed by atoms with van der Waals surface area (Å²) < 4.78 is 0.762. The molecule has 3 N–H and O–H groups in total. The van der Waals surface area contributed by atoms with E-state index in [2.05, 4.69) is 21.2 Å². The first kappa shape index (κ1) is 14.4. The van der Waals surface area contributed by atoms with Gasteiger partial charge in [0.25, 0.3) is 5.91 Å². The molecule has 6 heteroatoms. The summed E-state index contributed by atoms with van der Waals surface area (Å²) in [5.41, 5.74) is 5.96. The zero-order valence-corrected chi connectivity index (χ0v) is 12.3. The highest BCUT2D eigenvalue weighted by atomic mass is 79.9. The van der Waals surface area contributed by atoms with Crippen molar-refractivity contribution < 1.29 is 4.79 Å². The van der Waals surface area contributed by atoms with E-state index in [1.807, 2.05) is 6.92 Å². The Morgan fingerprint density at radius 3 is 2.76 bits per heavy atom. The first-order valence-electron chi connectivity index (χ1n) is 4.93. The van der Waals surface area contributed by atoms with E-state index in [9.17, 15) is 4.79 Å². The van der Waals surface area contributed by atoms with Crippen LogP contribution in [0.2, 0.25) is 5.02 Å². The minimum atomic E-state index is -0.198. The van der Waals surface area contributed by atoms with Crippen LogP contribution >= 0.6 is 39.7 Å². The summed E-state index contributed by atoms with van der Waals surface area (Å²) in [6.07, 6.45) is 0. The third kappa shape index (κ3) is 4.61. The summed E-state index contributed by atoms with van der Waals surface area (Å²) >= 11 is 14.0. The average molecular weight is 336 g/mol. The third-order valence-electron chi connectivity index (χ3n) is 2.18. The van der Waals surface area contributed by atoms with E-state index in [0.717, 1.165) is 4.47 Å². The van der Waals surface area contributed by atoms with Crippen LogP contribution in [0.4, 0.5) is 0 Å². The van der Waals surface area contributed by atoms with Crippen molar-refractivity contribution in [2.45, 2.75) is 6.92 Å². The molecule has 1 atom stereocenters. The van der Waals surface area contributed by atoms with Gasteiger partial charge in [-0.15, -0.1) is 0 Å². The van der Waals surface area contributed by atoms with Crippen LogP contribution < -0.4 is 11.1 Å². The smallest absolute Gasteiger partial charge is 0.251 e. The van der Waals surface area contributed by atoms with Crippen LogP contribution in [-0.4, -0.2) is 17.4 Å². The number of benzene rings is 1. The number of thiocarbonyl (C=S) groups is 1. The van der Waals surface area contributed by atoms with Gasteiger partial charge in [0, 0.05) is 27.5 Å². The predicted octanol–water partition coefficient (Wildman–Crippen LogP) is 2.75. The van der Waals surface area contributed by atoms with Gasteiger partial charge >= 0.3 is 0 Å². The summed E-state index contributed by atoms with van der Waals surface area (Å²) in [5, 5.41) is 3.25. The Labute approximate surface area is 119 Å². The van der Waals surface area contributed by atoms with E-state index in [-0.39, 0.29) is 11.8 Å². The molecule has 0 aromatic heterocycles. The molecule has 1 unspecified atom stereocenters. The molecule has 0 radical (unpaired) electrons. The van der Waals surface area contributed by atoms with Crippen molar-refractivity contribution in [2.75, 3.05) is 6.54 Å². The van der Waals surface area contributed by atoms with E-state index in [4.69, 9.17) is 29.6 Å². The van der Waals surface area contributed by atoms with Crippen molar-refractivity contribution in [1.82, 2.24) is 5.32 Å². The third-order valence-corrected chi connectivity index (χ3v) is 3.26. The Balaban J connectivity index is 2.67. The molecule has 0 fully saturated rings. The molecule has 92 valence electrons. The van der Waals surface area contributed by atoms with Gasteiger partial charge < -0.3 is 11.1 Å². The molecule has 1 aromatic rings. The Kier molecular flexibility index (Phi) is 5.36. The first-order valence-corrected chi connectivity index (χ1v) is 6.51. The molecule has 0 aliphatic heterocycles. The summed E-state index contributed by atoms with van der Waals surface area (Å²) in [6.45, 7) is 2.27. The van der Waals surface area contributed by atoms with Crippen LogP contribution in [-0.2, 0) is 0 Å². The number of hydrogen-bond donors (Lipinski definition) is 2. The Hall–Kier alpha value is -0.650. The van der Waals surface area contributed by atoms with Gasteiger partial charge in [-0.05, 0) is 18.2 Å². The zero-order chi connectivity index (χ0) is 13.0. The average Bonchev–Trinajstić information content (AvgIpc) is 2.23.